The molecule has 0 spiro atoms. The molecule has 0 aromatic rings. The number of carbonyl (C=O) groups excluding carboxylic acids is 1. The first kappa shape index (κ1) is 19.5. The van der Waals surface area contributed by atoms with Crippen molar-refractivity contribution >= 4 is 6.41 Å². The Morgan fingerprint density at radius 3 is 1.45 bits per heavy atom. The topological polar surface area (TPSA) is 20.3 Å². The maximum atomic E-state index is 10.8. The molecule has 0 unspecified atom stereocenters. The van der Waals surface area contributed by atoms with Crippen molar-refractivity contribution in [1.29, 1.82) is 0 Å². The van der Waals surface area contributed by atoms with E-state index in [1.807, 2.05) is 4.90 Å². The first-order valence-corrected chi connectivity index (χ1v) is 9.04. The van der Waals surface area contributed by atoms with Gasteiger partial charge in [-0.1, -0.05) is 84.5 Å². The fourth-order valence-electron chi connectivity index (χ4n) is 2.66. The van der Waals surface area contributed by atoms with E-state index in [0.717, 1.165) is 25.9 Å². The van der Waals surface area contributed by atoms with Crippen LogP contribution in [0.1, 0.15) is 97.3 Å². The van der Waals surface area contributed by atoms with Gasteiger partial charge in [-0.3, -0.25) is 4.79 Å². The van der Waals surface area contributed by atoms with E-state index >= 15 is 0 Å². The number of hydrogen-bond acceptors (Lipinski definition) is 1. The van der Waals surface area contributed by atoms with Gasteiger partial charge in [0.1, 0.15) is 0 Å². The predicted molar refractivity (Wildman–Crippen MR) is 89.0 cm³/mol. The minimum absolute atomic E-state index is 0.918. The van der Waals surface area contributed by atoms with E-state index in [-0.39, 0.29) is 0 Å². The number of rotatable bonds is 16. The number of nitrogens with zero attached hydrogens (tertiary/aromatic N) is 1. The van der Waals surface area contributed by atoms with Gasteiger partial charge in [-0.2, -0.15) is 0 Å². The lowest BCUT2D eigenvalue weighted by Gasteiger charge is -2.15. The molecule has 2 nitrogen and oxygen atoms in total. The van der Waals surface area contributed by atoms with E-state index in [4.69, 9.17) is 0 Å². The van der Waals surface area contributed by atoms with Crippen LogP contribution in [0, 0.1) is 0 Å². The Bertz CT molecular complexity index is 194. The summed E-state index contributed by atoms with van der Waals surface area (Å²) < 4.78 is 0. The van der Waals surface area contributed by atoms with Crippen LogP contribution in [0.4, 0.5) is 0 Å². The van der Waals surface area contributed by atoms with Crippen molar-refractivity contribution in [3.05, 3.63) is 0 Å². The highest BCUT2D eigenvalue weighted by Gasteiger charge is 1.99. The summed E-state index contributed by atoms with van der Waals surface area (Å²) >= 11 is 0. The van der Waals surface area contributed by atoms with Crippen LogP contribution in [0.5, 0.6) is 0 Å². The molecular weight excluding hydrogens is 246 g/mol. The fraction of sp³-hybridized carbons (Fsp3) is 0.944. The van der Waals surface area contributed by atoms with E-state index in [0.29, 0.717) is 0 Å². The van der Waals surface area contributed by atoms with Gasteiger partial charge in [0.15, 0.2) is 0 Å². The standard InChI is InChI=1S/C18H37NO/c1-3-5-6-7-8-9-10-11-12-13-14-15-17-19(18-20)16-4-2/h18H,3-17H2,1-2H3. The van der Waals surface area contributed by atoms with Gasteiger partial charge in [-0.25, -0.2) is 0 Å². The Kier molecular flexibility index (Phi) is 16.1. The minimum Gasteiger partial charge on any atom is -0.345 e. The molecule has 120 valence electrons. The quantitative estimate of drug-likeness (QED) is 0.268. The second-order valence-electron chi connectivity index (χ2n) is 6.03. The van der Waals surface area contributed by atoms with Gasteiger partial charge in [0.05, 0.1) is 0 Å². The van der Waals surface area contributed by atoms with E-state index < -0.39 is 0 Å². The molecule has 0 radical (unpaired) electrons. The molecule has 0 fully saturated rings. The van der Waals surface area contributed by atoms with Crippen molar-refractivity contribution in [2.24, 2.45) is 0 Å². The molecule has 0 aliphatic heterocycles. The molecule has 2 heteroatoms. The second kappa shape index (κ2) is 16.5. The van der Waals surface area contributed by atoms with E-state index in [2.05, 4.69) is 13.8 Å². The number of carbonyl (C=O) groups is 1. The van der Waals surface area contributed by atoms with Gasteiger partial charge in [0.25, 0.3) is 0 Å². The summed E-state index contributed by atoms with van der Waals surface area (Å²) in [6.45, 7) is 6.27. The van der Waals surface area contributed by atoms with Crippen LogP contribution in [0.15, 0.2) is 0 Å². The average Bonchev–Trinajstić information content (AvgIpc) is 2.47. The van der Waals surface area contributed by atoms with Crippen molar-refractivity contribution in [2.45, 2.75) is 97.3 Å². The molecule has 0 aromatic carbocycles. The zero-order valence-corrected chi connectivity index (χ0v) is 14.0. The molecule has 0 saturated heterocycles. The third kappa shape index (κ3) is 13.9. The summed E-state index contributed by atoms with van der Waals surface area (Å²) in [5.74, 6) is 0. The average molecular weight is 284 g/mol. The first-order chi connectivity index (χ1) is 9.85. The van der Waals surface area contributed by atoms with Crippen LogP contribution in [0.2, 0.25) is 0 Å². The van der Waals surface area contributed by atoms with Crippen LogP contribution in [0.25, 0.3) is 0 Å². The zero-order chi connectivity index (χ0) is 14.9. The van der Waals surface area contributed by atoms with Gasteiger partial charge >= 0.3 is 0 Å². The summed E-state index contributed by atoms with van der Waals surface area (Å²) in [6.07, 6.45) is 18.6. The van der Waals surface area contributed by atoms with Gasteiger partial charge in [0.2, 0.25) is 6.41 Å². The molecule has 0 bridgehead atoms. The highest BCUT2D eigenvalue weighted by atomic mass is 16.1. The number of amides is 1. The van der Waals surface area contributed by atoms with Crippen LogP contribution in [0.3, 0.4) is 0 Å². The van der Waals surface area contributed by atoms with E-state index in [9.17, 15) is 4.79 Å². The summed E-state index contributed by atoms with van der Waals surface area (Å²) in [6, 6.07) is 0. The normalized spacial score (nSPS) is 10.7. The first-order valence-electron chi connectivity index (χ1n) is 9.04. The Labute approximate surface area is 127 Å². The van der Waals surface area contributed by atoms with Gasteiger partial charge < -0.3 is 4.90 Å². The molecule has 0 saturated carbocycles. The molecule has 20 heavy (non-hydrogen) atoms. The smallest absolute Gasteiger partial charge is 0.209 e. The molecule has 0 rings (SSSR count). The maximum Gasteiger partial charge on any atom is 0.209 e. The third-order valence-corrected chi connectivity index (χ3v) is 3.96. The Balaban J connectivity index is 3.11. The Morgan fingerprint density at radius 2 is 1.05 bits per heavy atom. The lowest BCUT2D eigenvalue weighted by atomic mass is 10.1. The van der Waals surface area contributed by atoms with Crippen molar-refractivity contribution < 1.29 is 4.79 Å². The number of hydrogen-bond donors (Lipinski definition) is 0. The van der Waals surface area contributed by atoms with Gasteiger partial charge in [0, 0.05) is 13.1 Å². The summed E-state index contributed by atoms with van der Waals surface area (Å²) in [4.78, 5) is 12.7. The Morgan fingerprint density at radius 1 is 0.600 bits per heavy atom. The highest BCUT2D eigenvalue weighted by Crippen LogP contribution is 2.12. The lowest BCUT2D eigenvalue weighted by Crippen LogP contribution is -2.23. The van der Waals surface area contributed by atoms with E-state index in [1.54, 1.807) is 0 Å². The summed E-state index contributed by atoms with van der Waals surface area (Å²) in [5, 5.41) is 0. The van der Waals surface area contributed by atoms with Crippen LogP contribution in [-0.4, -0.2) is 24.4 Å². The van der Waals surface area contributed by atoms with Crippen LogP contribution < -0.4 is 0 Å². The van der Waals surface area contributed by atoms with Crippen LogP contribution >= 0.6 is 0 Å². The molecule has 0 N–H and O–H groups in total. The molecule has 0 aliphatic carbocycles. The Hall–Kier alpha value is -0.530. The van der Waals surface area contributed by atoms with Crippen molar-refractivity contribution in [3.63, 3.8) is 0 Å². The number of unbranched alkanes of at least 4 members (excludes halogenated alkanes) is 11. The van der Waals surface area contributed by atoms with Crippen molar-refractivity contribution in [1.82, 2.24) is 4.90 Å². The monoisotopic (exact) mass is 283 g/mol. The van der Waals surface area contributed by atoms with Gasteiger partial charge in [-0.05, 0) is 12.8 Å². The molecular formula is C18H37NO. The maximum absolute atomic E-state index is 10.8. The predicted octanol–water partition coefficient (Wildman–Crippen LogP) is 5.56. The van der Waals surface area contributed by atoms with Crippen LogP contribution in [-0.2, 0) is 4.79 Å². The third-order valence-electron chi connectivity index (χ3n) is 3.96. The molecule has 0 atom stereocenters. The summed E-state index contributed by atoms with van der Waals surface area (Å²) in [5.41, 5.74) is 0. The van der Waals surface area contributed by atoms with Crippen molar-refractivity contribution in [3.8, 4) is 0 Å². The highest BCUT2D eigenvalue weighted by molar-refractivity contribution is 5.46. The molecule has 0 aromatic heterocycles. The molecule has 0 heterocycles. The second-order valence-corrected chi connectivity index (χ2v) is 6.03. The van der Waals surface area contributed by atoms with Gasteiger partial charge in [-0.15, -0.1) is 0 Å². The summed E-state index contributed by atoms with van der Waals surface area (Å²) in [7, 11) is 0. The molecule has 0 aliphatic rings. The SMILES string of the molecule is CCCCCCCCCCCCCCN(C=O)CCC. The van der Waals surface area contributed by atoms with Crippen molar-refractivity contribution in [2.75, 3.05) is 13.1 Å². The lowest BCUT2D eigenvalue weighted by molar-refractivity contribution is -0.118. The molecule has 1 amide bonds. The van der Waals surface area contributed by atoms with E-state index in [1.165, 1.54) is 77.0 Å². The minimum atomic E-state index is 0.918. The fourth-order valence-corrected chi connectivity index (χ4v) is 2.66. The largest absolute Gasteiger partial charge is 0.345 e. The zero-order valence-electron chi connectivity index (χ0n) is 14.0.